The van der Waals surface area contributed by atoms with Gasteiger partial charge in [-0.1, -0.05) is 0 Å². The molecular weight excluding hydrogens is 275 g/mol. The van der Waals surface area contributed by atoms with Crippen LogP contribution in [0.4, 0.5) is 13.2 Å². The highest BCUT2D eigenvalue weighted by Crippen LogP contribution is 2.16. The number of hydrogen-bond donors (Lipinski definition) is 0. The van der Waals surface area contributed by atoms with E-state index in [1.165, 1.54) is 23.3 Å². The Morgan fingerprint density at radius 1 is 1.26 bits per heavy atom. The Kier molecular flexibility index (Phi) is 3.90. The van der Waals surface area contributed by atoms with Gasteiger partial charge in [-0.2, -0.15) is 11.3 Å². The SMILES string of the molecule is CN(Cc1ccsc1)C(=O)c1cc(F)c(F)c(F)c1. The van der Waals surface area contributed by atoms with Crippen LogP contribution in [0.25, 0.3) is 0 Å². The number of carbonyl (C=O) groups is 1. The number of thiophene rings is 1. The molecule has 0 saturated carbocycles. The van der Waals surface area contributed by atoms with Crippen LogP contribution < -0.4 is 0 Å². The molecule has 2 aromatic rings. The van der Waals surface area contributed by atoms with Gasteiger partial charge in [0.05, 0.1) is 0 Å². The summed E-state index contributed by atoms with van der Waals surface area (Å²) in [5.41, 5.74) is 0.707. The van der Waals surface area contributed by atoms with Gasteiger partial charge in [-0.3, -0.25) is 4.79 Å². The molecule has 2 nitrogen and oxygen atoms in total. The minimum Gasteiger partial charge on any atom is -0.337 e. The van der Waals surface area contributed by atoms with Crippen LogP contribution in [0.3, 0.4) is 0 Å². The van der Waals surface area contributed by atoms with Crippen LogP contribution in [-0.2, 0) is 6.54 Å². The fraction of sp³-hybridized carbons (Fsp3) is 0.154. The maximum Gasteiger partial charge on any atom is 0.254 e. The number of rotatable bonds is 3. The maximum absolute atomic E-state index is 13.1. The predicted octanol–water partition coefficient (Wildman–Crippen LogP) is 3.44. The lowest BCUT2D eigenvalue weighted by Crippen LogP contribution is -2.26. The van der Waals surface area contributed by atoms with Crippen molar-refractivity contribution in [2.24, 2.45) is 0 Å². The van der Waals surface area contributed by atoms with Crippen molar-refractivity contribution >= 4 is 17.2 Å². The average Bonchev–Trinajstić information content (AvgIpc) is 2.87. The molecule has 1 heterocycles. The highest BCUT2D eigenvalue weighted by molar-refractivity contribution is 7.07. The highest BCUT2D eigenvalue weighted by Gasteiger charge is 2.18. The molecule has 0 unspecified atom stereocenters. The van der Waals surface area contributed by atoms with Gasteiger partial charge in [-0.15, -0.1) is 0 Å². The van der Waals surface area contributed by atoms with Gasteiger partial charge in [-0.05, 0) is 34.5 Å². The van der Waals surface area contributed by atoms with Gasteiger partial charge in [0.25, 0.3) is 5.91 Å². The molecule has 0 spiro atoms. The summed E-state index contributed by atoms with van der Waals surface area (Å²) in [4.78, 5) is 13.3. The first kappa shape index (κ1) is 13.6. The van der Waals surface area contributed by atoms with Crippen molar-refractivity contribution < 1.29 is 18.0 Å². The number of nitrogens with zero attached hydrogens (tertiary/aromatic N) is 1. The summed E-state index contributed by atoms with van der Waals surface area (Å²) in [7, 11) is 1.51. The number of halogens is 3. The Bertz CT molecular complexity index is 575. The third-order valence-electron chi connectivity index (χ3n) is 2.58. The van der Waals surface area contributed by atoms with Crippen LogP contribution in [0.1, 0.15) is 15.9 Å². The number of hydrogen-bond acceptors (Lipinski definition) is 2. The molecule has 0 aliphatic carbocycles. The van der Waals surface area contributed by atoms with E-state index in [9.17, 15) is 18.0 Å². The lowest BCUT2D eigenvalue weighted by molar-refractivity contribution is 0.0784. The van der Waals surface area contributed by atoms with Gasteiger partial charge < -0.3 is 4.90 Å². The largest absolute Gasteiger partial charge is 0.337 e. The standard InChI is InChI=1S/C13H10F3NOS/c1-17(6-8-2-3-19-7-8)13(18)9-4-10(14)12(16)11(15)5-9/h2-5,7H,6H2,1H3. The van der Waals surface area contributed by atoms with Crippen LogP contribution in [-0.4, -0.2) is 17.9 Å². The van der Waals surface area contributed by atoms with Crippen molar-refractivity contribution in [2.45, 2.75) is 6.54 Å². The molecular formula is C13H10F3NOS. The second-order valence-corrected chi connectivity index (χ2v) is 4.83. The number of carbonyl (C=O) groups excluding carboxylic acids is 1. The third-order valence-corrected chi connectivity index (χ3v) is 3.31. The zero-order valence-electron chi connectivity index (χ0n) is 9.99. The first-order chi connectivity index (χ1) is 8.99. The summed E-state index contributed by atoms with van der Waals surface area (Å²) in [5, 5.41) is 3.74. The van der Waals surface area contributed by atoms with E-state index in [-0.39, 0.29) is 5.56 Å². The first-order valence-electron chi connectivity index (χ1n) is 5.40. The molecule has 0 N–H and O–H groups in total. The van der Waals surface area contributed by atoms with Crippen molar-refractivity contribution in [1.29, 1.82) is 0 Å². The number of amides is 1. The molecule has 1 aromatic heterocycles. The molecule has 6 heteroatoms. The zero-order valence-corrected chi connectivity index (χ0v) is 10.8. The van der Waals surface area contributed by atoms with E-state index in [1.807, 2.05) is 16.8 Å². The van der Waals surface area contributed by atoms with Crippen LogP contribution in [0.2, 0.25) is 0 Å². The molecule has 0 aliphatic heterocycles. The van der Waals surface area contributed by atoms with Crippen molar-refractivity contribution in [1.82, 2.24) is 4.90 Å². The molecule has 0 fully saturated rings. The third kappa shape index (κ3) is 2.96. The lowest BCUT2D eigenvalue weighted by atomic mass is 10.1. The van der Waals surface area contributed by atoms with Crippen molar-refractivity contribution in [3.05, 3.63) is 57.5 Å². The Hall–Kier alpha value is -1.82. The summed E-state index contributed by atoms with van der Waals surface area (Å²) in [6.07, 6.45) is 0. The van der Waals surface area contributed by atoms with Crippen LogP contribution >= 0.6 is 11.3 Å². The molecule has 1 aromatic carbocycles. The minimum atomic E-state index is -1.57. The van der Waals surface area contributed by atoms with E-state index >= 15 is 0 Å². The fourth-order valence-corrected chi connectivity index (χ4v) is 2.29. The molecule has 0 aliphatic rings. The maximum atomic E-state index is 13.1. The summed E-state index contributed by atoms with van der Waals surface area (Å²) >= 11 is 1.49. The second-order valence-electron chi connectivity index (χ2n) is 4.05. The van der Waals surface area contributed by atoms with Crippen molar-refractivity contribution in [3.8, 4) is 0 Å². The van der Waals surface area contributed by atoms with Crippen LogP contribution in [0, 0.1) is 17.5 Å². The van der Waals surface area contributed by atoms with Gasteiger partial charge in [0.2, 0.25) is 0 Å². The van der Waals surface area contributed by atoms with Gasteiger partial charge in [0.15, 0.2) is 17.5 Å². The second kappa shape index (κ2) is 5.44. The normalized spacial score (nSPS) is 10.5. The van der Waals surface area contributed by atoms with E-state index in [4.69, 9.17) is 0 Å². The smallest absolute Gasteiger partial charge is 0.254 e. The molecule has 19 heavy (non-hydrogen) atoms. The lowest BCUT2D eigenvalue weighted by Gasteiger charge is -2.16. The summed E-state index contributed by atoms with van der Waals surface area (Å²) in [5.74, 6) is -4.87. The predicted molar refractivity (Wildman–Crippen MR) is 66.4 cm³/mol. The van der Waals surface area contributed by atoms with Gasteiger partial charge >= 0.3 is 0 Å². The molecule has 0 atom stereocenters. The Labute approximate surface area is 112 Å². The topological polar surface area (TPSA) is 20.3 Å². The van der Waals surface area contributed by atoms with Gasteiger partial charge in [0, 0.05) is 19.2 Å². The minimum absolute atomic E-state index is 0.214. The Balaban J connectivity index is 2.19. The Morgan fingerprint density at radius 2 is 1.89 bits per heavy atom. The fourth-order valence-electron chi connectivity index (χ4n) is 1.63. The molecule has 0 bridgehead atoms. The highest BCUT2D eigenvalue weighted by atomic mass is 32.1. The van der Waals surface area contributed by atoms with Crippen molar-refractivity contribution in [2.75, 3.05) is 7.05 Å². The van der Waals surface area contributed by atoms with Crippen LogP contribution in [0.5, 0.6) is 0 Å². The molecule has 100 valence electrons. The van der Waals surface area contributed by atoms with Crippen LogP contribution in [0.15, 0.2) is 29.0 Å². The number of benzene rings is 1. The monoisotopic (exact) mass is 285 g/mol. The van der Waals surface area contributed by atoms with Gasteiger partial charge in [-0.25, -0.2) is 13.2 Å². The van der Waals surface area contributed by atoms with E-state index in [1.54, 1.807) is 0 Å². The van der Waals surface area contributed by atoms with Crippen molar-refractivity contribution in [3.63, 3.8) is 0 Å². The molecule has 0 radical (unpaired) electrons. The van der Waals surface area contributed by atoms with Gasteiger partial charge in [0.1, 0.15) is 0 Å². The zero-order chi connectivity index (χ0) is 14.0. The first-order valence-corrected chi connectivity index (χ1v) is 6.34. The molecule has 1 amide bonds. The molecule has 0 saturated heterocycles. The van der Waals surface area contributed by atoms with E-state index in [2.05, 4.69) is 0 Å². The average molecular weight is 285 g/mol. The van der Waals surface area contributed by atoms with E-state index in [0.717, 1.165) is 5.56 Å². The van der Waals surface area contributed by atoms with E-state index in [0.29, 0.717) is 18.7 Å². The summed E-state index contributed by atoms with van der Waals surface area (Å²) in [6.45, 7) is 0.322. The van der Waals surface area contributed by atoms with E-state index < -0.39 is 23.4 Å². The molecule has 2 rings (SSSR count). The summed E-state index contributed by atoms with van der Waals surface area (Å²) in [6, 6.07) is 3.25. The summed E-state index contributed by atoms with van der Waals surface area (Å²) < 4.78 is 38.9. The quantitative estimate of drug-likeness (QED) is 0.791. The Morgan fingerprint density at radius 3 is 2.42 bits per heavy atom.